The molecule has 0 spiro atoms. The van der Waals surface area contributed by atoms with E-state index in [1.54, 1.807) is 4.98 Å². The summed E-state index contributed by atoms with van der Waals surface area (Å²) >= 11 is 0. The molecule has 3 rings (SSSR count). The first-order chi connectivity index (χ1) is 13.2. The number of pyridine rings is 1. The Balaban J connectivity index is 1.87. The van der Waals surface area contributed by atoms with Gasteiger partial charge in [0.2, 0.25) is 0 Å². The second-order valence-electron chi connectivity index (χ2n) is 7.09. The van der Waals surface area contributed by atoms with Gasteiger partial charge in [0, 0.05) is 11.7 Å². The summed E-state index contributed by atoms with van der Waals surface area (Å²) < 4.78 is 38.1. The lowest BCUT2D eigenvalue weighted by Crippen LogP contribution is -2.39. The zero-order chi connectivity index (χ0) is 20.5. The Labute approximate surface area is 160 Å². The van der Waals surface area contributed by atoms with Crippen molar-refractivity contribution in [2.24, 2.45) is 0 Å². The molecular weight excluding hydrogens is 371 g/mol. The van der Waals surface area contributed by atoms with Crippen molar-refractivity contribution in [3.8, 4) is 0 Å². The monoisotopic (exact) mass is 393 g/mol. The third-order valence-corrected chi connectivity index (χ3v) is 4.86. The molecule has 8 heteroatoms. The van der Waals surface area contributed by atoms with Crippen LogP contribution >= 0.6 is 0 Å². The van der Waals surface area contributed by atoms with Gasteiger partial charge in [0.05, 0.1) is 6.04 Å². The van der Waals surface area contributed by atoms with Gasteiger partial charge in [-0.05, 0) is 43.5 Å². The normalized spacial score (nSPS) is 18.9. The van der Waals surface area contributed by atoms with E-state index in [4.69, 9.17) is 0 Å². The van der Waals surface area contributed by atoms with E-state index < -0.39 is 23.3 Å². The highest BCUT2D eigenvalue weighted by molar-refractivity contribution is 5.94. The number of H-pyrrole nitrogens is 1. The maximum absolute atomic E-state index is 12.7. The highest BCUT2D eigenvalue weighted by Gasteiger charge is 2.33. The first-order valence-electron chi connectivity index (χ1n) is 9.17. The number of amides is 1. The Bertz CT molecular complexity index is 937. The van der Waals surface area contributed by atoms with Crippen molar-refractivity contribution in [2.45, 2.75) is 51.4 Å². The van der Waals surface area contributed by atoms with Crippen molar-refractivity contribution in [3.63, 3.8) is 0 Å². The highest BCUT2D eigenvalue weighted by Crippen LogP contribution is 2.34. The molecule has 0 saturated heterocycles. The summed E-state index contributed by atoms with van der Waals surface area (Å²) in [6, 6.07) is 7.34. The number of benzene rings is 1. The average Bonchev–Trinajstić information content (AvgIpc) is 2.61. The molecule has 2 heterocycles. The summed E-state index contributed by atoms with van der Waals surface area (Å²) in [6.07, 6.45) is -2.15. The van der Waals surface area contributed by atoms with Crippen LogP contribution in [0.4, 0.5) is 18.9 Å². The Morgan fingerprint density at radius 3 is 2.64 bits per heavy atom. The van der Waals surface area contributed by atoms with Crippen LogP contribution in [0, 0.1) is 6.92 Å². The molecule has 0 bridgehead atoms. The summed E-state index contributed by atoms with van der Waals surface area (Å²) in [5.74, 6) is -0.690. The zero-order valence-electron chi connectivity index (χ0n) is 15.6. The van der Waals surface area contributed by atoms with Crippen LogP contribution in [0.3, 0.4) is 0 Å². The summed E-state index contributed by atoms with van der Waals surface area (Å²) in [5, 5.41) is 6.29. The largest absolute Gasteiger partial charge is 0.431 e. The number of nitrogens with one attached hydrogen (secondary N) is 3. The van der Waals surface area contributed by atoms with E-state index >= 15 is 0 Å². The molecule has 1 aliphatic heterocycles. The van der Waals surface area contributed by atoms with Gasteiger partial charge in [-0.1, -0.05) is 31.0 Å². The number of halogens is 3. The third-order valence-electron chi connectivity index (χ3n) is 4.86. The number of aromatic amines is 1. The molecule has 28 heavy (non-hydrogen) atoms. The Morgan fingerprint density at radius 1 is 1.25 bits per heavy atom. The molecule has 0 unspecified atom stereocenters. The minimum Gasteiger partial charge on any atom is -0.382 e. The molecule has 0 aliphatic carbocycles. The van der Waals surface area contributed by atoms with E-state index in [0.29, 0.717) is 12.5 Å². The molecule has 2 aromatic rings. The SMILES string of the molecule is CCC[C@H]1C[C@@H](NC(=O)c2ccc(C(F)(F)F)[nH]c2=O)c2cc(C)ccc2N1. The Morgan fingerprint density at radius 2 is 2.00 bits per heavy atom. The van der Waals surface area contributed by atoms with Crippen LogP contribution in [0.2, 0.25) is 0 Å². The average molecular weight is 393 g/mol. The van der Waals surface area contributed by atoms with Crippen molar-refractivity contribution in [1.29, 1.82) is 0 Å². The molecule has 0 radical (unpaired) electrons. The van der Waals surface area contributed by atoms with Gasteiger partial charge in [-0.25, -0.2) is 0 Å². The molecule has 1 aromatic heterocycles. The standard InChI is InChI=1S/C20H22F3N3O2/c1-3-4-12-10-16(14-9-11(2)5-7-15(14)24-12)25-18(27)13-6-8-17(20(21,22)23)26-19(13)28/h5-9,12,16,24H,3-4,10H2,1-2H3,(H,25,27)(H,26,28)/t12-,16+/m0/s1. The first kappa shape index (κ1) is 20.0. The van der Waals surface area contributed by atoms with Crippen LogP contribution in [0.25, 0.3) is 0 Å². The number of aryl methyl sites for hydroxylation is 1. The second-order valence-corrected chi connectivity index (χ2v) is 7.09. The molecule has 0 fully saturated rings. The topological polar surface area (TPSA) is 74.0 Å². The lowest BCUT2D eigenvalue weighted by Gasteiger charge is -2.34. The van der Waals surface area contributed by atoms with Crippen LogP contribution < -0.4 is 16.2 Å². The third kappa shape index (κ3) is 4.21. The van der Waals surface area contributed by atoms with Gasteiger partial charge < -0.3 is 15.6 Å². The van der Waals surface area contributed by atoms with E-state index in [2.05, 4.69) is 17.6 Å². The van der Waals surface area contributed by atoms with Gasteiger partial charge >= 0.3 is 6.18 Å². The summed E-state index contributed by atoms with van der Waals surface area (Å²) in [5.41, 5.74) is 0.274. The Hall–Kier alpha value is -2.77. The minimum atomic E-state index is -4.67. The number of anilines is 1. The predicted octanol–water partition coefficient (Wildman–Crippen LogP) is 4.16. The van der Waals surface area contributed by atoms with E-state index in [-0.39, 0.29) is 17.6 Å². The van der Waals surface area contributed by atoms with E-state index in [1.807, 2.05) is 25.1 Å². The molecule has 1 aliphatic rings. The first-order valence-corrected chi connectivity index (χ1v) is 9.17. The smallest absolute Gasteiger partial charge is 0.382 e. The van der Waals surface area contributed by atoms with E-state index in [9.17, 15) is 22.8 Å². The van der Waals surface area contributed by atoms with Crippen LogP contribution in [0.1, 0.15) is 59.4 Å². The van der Waals surface area contributed by atoms with Crippen molar-refractivity contribution in [2.75, 3.05) is 5.32 Å². The fraction of sp³-hybridized carbons (Fsp3) is 0.400. The predicted molar refractivity (Wildman–Crippen MR) is 100 cm³/mol. The number of alkyl halides is 3. The van der Waals surface area contributed by atoms with E-state index in [1.165, 1.54) is 0 Å². The summed E-state index contributed by atoms with van der Waals surface area (Å²) in [4.78, 5) is 26.4. The van der Waals surface area contributed by atoms with Gasteiger partial charge in [0.1, 0.15) is 11.3 Å². The lowest BCUT2D eigenvalue weighted by molar-refractivity contribution is -0.141. The van der Waals surface area contributed by atoms with Crippen molar-refractivity contribution < 1.29 is 18.0 Å². The fourth-order valence-corrected chi connectivity index (χ4v) is 3.52. The molecule has 5 nitrogen and oxygen atoms in total. The lowest BCUT2D eigenvalue weighted by atomic mass is 9.89. The molecule has 2 atom stereocenters. The van der Waals surface area contributed by atoms with Crippen LogP contribution in [-0.2, 0) is 6.18 Å². The van der Waals surface area contributed by atoms with Gasteiger partial charge in [-0.3, -0.25) is 9.59 Å². The van der Waals surface area contributed by atoms with Crippen LogP contribution in [-0.4, -0.2) is 16.9 Å². The number of rotatable bonds is 4. The number of hydrogen-bond donors (Lipinski definition) is 3. The van der Waals surface area contributed by atoms with E-state index in [0.717, 1.165) is 35.7 Å². The van der Waals surface area contributed by atoms with Crippen LogP contribution in [0.15, 0.2) is 35.1 Å². The fourth-order valence-electron chi connectivity index (χ4n) is 3.52. The maximum Gasteiger partial charge on any atom is 0.431 e. The molecular formula is C20H22F3N3O2. The quantitative estimate of drug-likeness (QED) is 0.730. The van der Waals surface area contributed by atoms with Gasteiger partial charge in [-0.15, -0.1) is 0 Å². The van der Waals surface area contributed by atoms with Crippen molar-refractivity contribution in [1.82, 2.24) is 10.3 Å². The van der Waals surface area contributed by atoms with Crippen molar-refractivity contribution >= 4 is 11.6 Å². The van der Waals surface area contributed by atoms with Crippen LogP contribution in [0.5, 0.6) is 0 Å². The van der Waals surface area contributed by atoms with Gasteiger partial charge in [0.15, 0.2) is 0 Å². The second kappa shape index (κ2) is 7.69. The summed E-state index contributed by atoms with van der Waals surface area (Å²) in [7, 11) is 0. The molecule has 1 aromatic carbocycles. The summed E-state index contributed by atoms with van der Waals surface area (Å²) in [6.45, 7) is 4.01. The minimum absolute atomic E-state index is 0.163. The number of fused-ring (bicyclic) bond motifs is 1. The zero-order valence-corrected chi connectivity index (χ0v) is 15.6. The molecule has 150 valence electrons. The molecule has 0 saturated carbocycles. The highest BCUT2D eigenvalue weighted by atomic mass is 19.4. The molecule has 1 amide bonds. The number of carbonyl (C=O) groups excluding carboxylic acids is 1. The number of aromatic nitrogens is 1. The molecule has 3 N–H and O–H groups in total. The Kier molecular flexibility index (Phi) is 5.49. The maximum atomic E-state index is 12.7. The van der Waals surface area contributed by atoms with Gasteiger partial charge in [0.25, 0.3) is 11.5 Å². The van der Waals surface area contributed by atoms with Crippen molar-refractivity contribution in [3.05, 3.63) is 63.1 Å². The van der Waals surface area contributed by atoms with Gasteiger partial charge in [-0.2, -0.15) is 13.2 Å². The number of carbonyl (C=O) groups is 1. The number of hydrogen-bond acceptors (Lipinski definition) is 3.